The fourth-order valence-corrected chi connectivity index (χ4v) is 3.66. The summed E-state index contributed by atoms with van der Waals surface area (Å²) in [6.45, 7) is 6.38. The highest BCUT2D eigenvalue weighted by Crippen LogP contribution is 2.19. The molecule has 5 unspecified atom stereocenters. The lowest BCUT2D eigenvalue weighted by molar-refractivity contribution is -0.145. The summed E-state index contributed by atoms with van der Waals surface area (Å²) >= 11 is 0. The van der Waals surface area contributed by atoms with Gasteiger partial charge in [0.15, 0.2) is 6.04 Å². The number of carbonyl (C=O) groups is 4. The van der Waals surface area contributed by atoms with Gasteiger partial charge in [0.1, 0.15) is 12.1 Å². The number of H-pyrrole nitrogens is 1. The number of carboxylic acid groups (broad SMARTS) is 1. The van der Waals surface area contributed by atoms with Gasteiger partial charge in [0.05, 0.1) is 12.1 Å². The van der Waals surface area contributed by atoms with Crippen LogP contribution in [0.25, 0.3) is 10.9 Å². The van der Waals surface area contributed by atoms with E-state index in [1.54, 1.807) is 6.20 Å². The van der Waals surface area contributed by atoms with Gasteiger partial charge in [0.25, 0.3) is 0 Å². The molecule has 2 aromatic rings. The molecule has 0 spiro atoms. The van der Waals surface area contributed by atoms with E-state index in [4.69, 9.17) is 10.8 Å². The molecular weight excluding hydrogens is 454 g/mol. The number of aliphatic hydroxyl groups is 1. The fourth-order valence-electron chi connectivity index (χ4n) is 3.66. The van der Waals surface area contributed by atoms with Crippen molar-refractivity contribution < 1.29 is 29.4 Å². The molecule has 11 nitrogen and oxygen atoms in total. The summed E-state index contributed by atoms with van der Waals surface area (Å²) in [6.07, 6.45) is 1.04. The van der Waals surface area contributed by atoms with Gasteiger partial charge in [-0.05, 0) is 44.2 Å². The lowest BCUT2D eigenvalue weighted by Gasteiger charge is -2.25. The number of amides is 3. The molecule has 3 amide bonds. The Morgan fingerprint density at radius 3 is 2.23 bits per heavy atom. The van der Waals surface area contributed by atoms with Crippen LogP contribution < -0.4 is 21.7 Å². The maximum Gasteiger partial charge on any atom is 0.328 e. The molecule has 1 heterocycles. The Bertz CT molecular complexity index is 1050. The number of hydrogen-bond acceptors (Lipinski definition) is 6. The first-order valence-corrected chi connectivity index (χ1v) is 11.5. The Kier molecular flexibility index (Phi) is 9.78. The van der Waals surface area contributed by atoms with Crippen molar-refractivity contribution in [3.05, 3.63) is 36.0 Å². The van der Waals surface area contributed by atoms with E-state index in [9.17, 15) is 24.3 Å². The fraction of sp³-hybridized carbons (Fsp3) is 0.500. The molecular formula is C24H35N5O6. The second-order valence-corrected chi connectivity index (χ2v) is 9.16. The molecule has 0 bridgehead atoms. The number of hydrogen-bond donors (Lipinski definition) is 7. The number of aliphatic hydroxyl groups excluding tert-OH is 1. The van der Waals surface area contributed by atoms with Gasteiger partial charge in [0.2, 0.25) is 17.7 Å². The zero-order chi connectivity index (χ0) is 26.3. The van der Waals surface area contributed by atoms with Crippen LogP contribution in [0.3, 0.4) is 0 Å². The molecule has 1 aromatic heterocycles. The third kappa shape index (κ3) is 7.79. The largest absolute Gasteiger partial charge is 0.480 e. The predicted molar refractivity (Wildman–Crippen MR) is 130 cm³/mol. The predicted octanol–water partition coefficient (Wildman–Crippen LogP) is 0.0235. The minimum Gasteiger partial charge on any atom is -0.480 e. The van der Waals surface area contributed by atoms with Crippen LogP contribution in [0.4, 0.5) is 0 Å². The molecule has 0 aliphatic heterocycles. The number of aromatic nitrogens is 1. The highest BCUT2D eigenvalue weighted by molar-refractivity contribution is 5.94. The van der Waals surface area contributed by atoms with Crippen LogP contribution in [0.1, 0.15) is 39.7 Å². The third-order valence-corrected chi connectivity index (χ3v) is 5.59. The summed E-state index contributed by atoms with van der Waals surface area (Å²) in [7, 11) is 0. The SMILES string of the molecule is CC(C)CC(NC(=O)C(N)Cc1c[nH]c2ccccc12)C(=O)NC(C)C(=O)NC(C(=O)O)C(C)O. The van der Waals surface area contributed by atoms with Crippen molar-refractivity contribution >= 4 is 34.6 Å². The topological polar surface area (TPSA) is 187 Å². The first-order chi connectivity index (χ1) is 16.4. The van der Waals surface area contributed by atoms with E-state index in [1.807, 2.05) is 38.1 Å². The average Bonchev–Trinajstić information content (AvgIpc) is 3.18. The van der Waals surface area contributed by atoms with E-state index in [1.165, 1.54) is 13.8 Å². The number of aromatic amines is 1. The van der Waals surface area contributed by atoms with Crippen molar-refractivity contribution in [1.82, 2.24) is 20.9 Å². The van der Waals surface area contributed by atoms with E-state index in [0.717, 1.165) is 16.5 Å². The number of carboxylic acids is 1. The number of nitrogens with one attached hydrogen (secondary N) is 4. The monoisotopic (exact) mass is 489 g/mol. The molecule has 192 valence electrons. The van der Waals surface area contributed by atoms with Gasteiger partial charge in [-0.15, -0.1) is 0 Å². The molecule has 8 N–H and O–H groups in total. The number of fused-ring (bicyclic) bond motifs is 1. The molecule has 0 radical (unpaired) electrons. The highest BCUT2D eigenvalue weighted by Gasteiger charge is 2.30. The Labute approximate surface area is 203 Å². The molecule has 1 aromatic carbocycles. The number of para-hydroxylation sites is 1. The number of benzene rings is 1. The van der Waals surface area contributed by atoms with Crippen LogP contribution in [0.15, 0.2) is 30.5 Å². The first-order valence-electron chi connectivity index (χ1n) is 11.5. The first kappa shape index (κ1) is 27.8. The van der Waals surface area contributed by atoms with Crippen molar-refractivity contribution in [2.75, 3.05) is 0 Å². The maximum absolute atomic E-state index is 12.9. The molecule has 11 heteroatoms. The van der Waals surface area contributed by atoms with E-state index in [2.05, 4.69) is 20.9 Å². The molecule has 0 saturated carbocycles. The van der Waals surface area contributed by atoms with E-state index in [-0.39, 0.29) is 12.3 Å². The Morgan fingerprint density at radius 2 is 1.63 bits per heavy atom. The second kappa shape index (κ2) is 12.3. The summed E-state index contributed by atoms with van der Waals surface area (Å²) in [5.74, 6) is -3.24. The highest BCUT2D eigenvalue weighted by atomic mass is 16.4. The number of carbonyl (C=O) groups excluding carboxylic acids is 3. The summed E-state index contributed by atoms with van der Waals surface area (Å²) in [6, 6.07) is 3.18. The van der Waals surface area contributed by atoms with Gasteiger partial charge >= 0.3 is 5.97 Å². The van der Waals surface area contributed by atoms with Crippen LogP contribution in [-0.2, 0) is 25.6 Å². The van der Waals surface area contributed by atoms with Crippen molar-refractivity contribution in [2.45, 2.75) is 70.8 Å². The quantitative estimate of drug-likeness (QED) is 0.219. The number of rotatable bonds is 12. The van der Waals surface area contributed by atoms with E-state index < -0.39 is 54.0 Å². The van der Waals surface area contributed by atoms with Crippen molar-refractivity contribution in [2.24, 2.45) is 11.7 Å². The minimum atomic E-state index is -1.52. The van der Waals surface area contributed by atoms with Gasteiger partial charge in [-0.3, -0.25) is 14.4 Å². The summed E-state index contributed by atoms with van der Waals surface area (Å²) in [5.41, 5.74) is 7.95. The minimum absolute atomic E-state index is 0.0478. The summed E-state index contributed by atoms with van der Waals surface area (Å²) in [5, 5.41) is 27.0. The van der Waals surface area contributed by atoms with Crippen LogP contribution >= 0.6 is 0 Å². The van der Waals surface area contributed by atoms with Crippen LogP contribution in [0.2, 0.25) is 0 Å². The second-order valence-electron chi connectivity index (χ2n) is 9.16. The zero-order valence-corrected chi connectivity index (χ0v) is 20.4. The van der Waals surface area contributed by atoms with Crippen molar-refractivity contribution in [1.29, 1.82) is 0 Å². The van der Waals surface area contributed by atoms with Gasteiger partial charge < -0.3 is 36.9 Å². The van der Waals surface area contributed by atoms with E-state index in [0.29, 0.717) is 6.42 Å². The Balaban J connectivity index is 2.02. The third-order valence-electron chi connectivity index (χ3n) is 5.59. The summed E-state index contributed by atoms with van der Waals surface area (Å²) in [4.78, 5) is 52.4. The molecule has 2 rings (SSSR count). The lowest BCUT2D eigenvalue weighted by Crippen LogP contribution is -2.57. The molecule has 0 aliphatic carbocycles. The standard InChI is InChI=1S/C24H35N5O6/c1-12(2)9-19(23(33)27-13(3)21(31)29-20(14(4)30)24(34)35)28-22(32)17(25)10-15-11-26-18-8-6-5-7-16(15)18/h5-8,11-14,17,19-20,26,30H,9-10,25H2,1-4H3,(H,27,33)(H,28,32)(H,29,31)(H,34,35). The molecule has 35 heavy (non-hydrogen) atoms. The van der Waals surface area contributed by atoms with Gasteiger partial charge in [0, 0.05) is 17.1 Å². The van der Waals surface area contributed by atoms with Crippen molar-refractivity contribution in [3.8, 4) is 0 Å². The van der Waals surface area contributed by atoms with Crippen molar-refractivity contribution in [3.63, 3.8) is 0 Å². The number of nitrogens with two attached hydrogens (primary N) is 1. The van der Waals surface area contributed by atoms with Gasteiger partial charge in [-0.1, -0.05) is 32.0 Å². The number of aliphatic carboxylic acids is 1. The lowest BCUT2D eigenvalue weighted by atomic mass is 10.0. The molecule has 0 saturated heterocycles. The molecule has 0 fully saturated rings. The Morgan fingerprint density at radius 1 is 0.971 bits per heavy atom. The van der Waals surface area contributed by atoms with Crippen LogP contribution in [0.5, 0.6) is 0 Å². The average molecular weight is 490 g/mol. The van der Waals surface area contributed by atoms with E-state index >= 15 is 0 Å². The molecule has 5 atom stereocenters. The Hall–Kier alpha value is -3.44. The van der Waals surface area contributed by atoms with Gasteiger partial charge in [-0.2, -0.15) is 0 Å². The van der Waals surface area contributed by atoms with Gasteiger partial charge in [-0.25, -0.2) is 4.79 Å². The maximum atomic E-state index is 12.9. The zero-order valence-electron chi connectivity index (χ0n) is 20.4. The normalized spacial score (nSPS) is 15.6. The molecule has 0 aliphatic rings. The summed E-state index contributed by atoms with van der Waals surface area (Å²) < 4.78 is 0. The van der Waals surface area contributed by atoms with Crippen LogP contribution in [0, 0.1) is 5.92 Å². The smallest absolute Gasteiger partial charge is 0.328 e. The van der Waals surface area contributed by atoms with Crippen LogP contribution in [-0.4, -0.2) is 69.2 Å².